The van der Waals surface area contributed by atoms with Crippen LogP contribution in [0.25, 0.3) is 0 Å². The minimum Gasteiger partial charge on any atom is -0.371 e. The van der Waals surface area contributed by atoms with Crippen LogP contribution in [0.5, 0.6) is 0 Å². The molecule has 0 radical (unpaired) electrons. The Balaban J connectivity index is 2.31. The quantitative estimate of drug-likeness (QED) is 0.758. The lowest BCUT2D eigenvalue weighted by atomic mass is 9.88. The Bertz CT molecular complexity index is 562. The van der Waals surface area contributed by atoms with Crippen molar-refractivity contribution in [1.29, 1.82) is 0 Å². The number of nitrogens with one attached hydrogen (secondary N) is 1. The third-order valence-electron chi connectivity index (χ3n) is 3.83. The number of ketones is 1. The fraction of sp³-hybridized carbons (Fsp3) is 0.619. The molecule has 1 N–H and O–H groups in total. The van der Waals surface area contributed by atoms with E-state index in [1.54, 1.807) is 0 Å². The number of carbonyl (C=O) groups is 2. The molecule has 0 fully saturated rings. The molecule has 1 aromatic rings. The van der Waals surface area contributed by atoms with Crippen molar-refractivity contribution < 1.29 is 14.3 Å². The molecule has 0 unspecified atom stereocenters. The van der Waals surface area contributed by atoms with Crippen LogP contribution in [0.1, 0.15) is 71.9 Å². The van der Waals surface area contributed by atoms with Gasteiger partial charge in [-0.2, -0.15) is 0 Å². The van der Waals surface area contributed by atoms with Gasteiger partial charge >= 0.3 is 0 Å². The predicted octanol–water partition coefficient (Wildman–Crippen LogP) is 4.40. The van der Waals surface area contributed by atoms with Crippen molar-refractivity contribution in [2.75, 3.05) is 0 Å². The fourth-order valence-corrected chi connectivity index (χ4v) is 2.13. The molecular weight excluding hydrogens is 314 g/mol. The van der Waals surface area contributed by atoms with Crippen LogP contribution >= 0.6 is 0 Å². The molecule has 0 saturated carbocycles. The van der Waals surface area contributed by atoms with E-state index >= 15 is 0 Å². The number of hydrogen-bond donors (Lipinski definition) is 1. The van der Waals surface area contributed by atoms with Crippen LogP contribution in [0, 0.1) is 5.41 Å². The smallest absolute Gasteiger partial charge is 0.220 e. The van der Waals surface area contributed by atoms with Gasteiger partial charge in [0, 0.05) is 24.8 Å². The fourth-order valence-electron chi connectivity index (χ4n) is 2.13. The number of rotatable bonds is 8. The third kappa shape index (κ3) is 9.40. The molecule has 0 saturated heterocycles. The highest BCUT2D eigenvalue weighted by atomic mass is 16.5. The Labute approximate surface area is 152 Å². The van der Waals surface area contributed by atoms with Crippen LogP contribution in [-0.2, 0) is 27.5 Å². The lowest BCUT2D eigenvalue weighted by Crippen LogP contribution is -2.24. The summed E-state index contributed by atoms with van der Waals surface area (Å²) in [6, 6.07) is 8.06. The van der Waals surface area contributed by atoms with Crippen molar-refractivity contribution in [3.05, 3.63) is 35.4 Å². The van der Waals surface area contributed by atoms with Gasteiger partial charge in [-0.25, -0.2) is 0 Å². The standard InChI is InChI=1S/C21H33NO3/c1-20(2,3)18(23)8-7-9-19(24)22-14-16-10-12-17(13-11-16)15-25-21(4,5)6/h10-13H,7-9,14-15H2,1-6H3,(H,22,24). The molecule has 25 heavy (non-hydrogen) atoms. The zero-order valence-electron chi connectivity index (χ0n) is 16.6. The zero-order chi connectivity index (χ0) is 19.1. The summed E-state index contributed by atoms with van der Waals surface area (Å²) in [7, 11) is 0. The van der Waals surface area contributed by atoms with Gasteiger partial charge in [0.25, 0.3) is 0 Å². The maximum absolute atomic E-state index is 11.9. The largest absolute Gasteiger partial charge is 0.371 e. The SMILES string of the molecule is CC(C)(C)OCc1ccc(CNC(=O)CCCC(=O)C(C)(C)C)cc1. The molecule has 0 aliphatic rings. The van der Waals surface area contributed by atoms with Gasteiger partial charge in [0.15, 0.2) is 0 Å². The topological polar surface area (TPSA) is 55.4 Å². The van der Waals surface area contributed by atoms with Gasteiger partial charge in [-0.15, -0.1) is 0 Å². The van der Waals surface area contributed by atoms with E-state index in [9.17, 15) is 9.59 Å². The number of benzene rings is 1. The third-order valence-corrected chi connectivity index (χ3v) is 3.83. The molecule has 0 heterocycles. The number of carbonyl (C=O) groups excluding carboxylic acids is 2. The molecule has 4 nitrogen and oxygen atoms in total. The maximum Gasteiger partial charge on any atom is 0.220 e. The van der Waals surface area contributed by atoms with Crippen LogP contribution in [0.4, 0.5) is 0 Å². The van der Waals surface area contributed by atoms with E-state index in [4.69, 9.17) is 4.74 Å². The maximum atomic E-state index is 11.9. The second-order valence-corrected chi connectivity index (χ2v) is 8.52. The average molecular weight is 347 g/mol. The molecule has 0 spiro atoms. The summed E-state index contributed by atoms with van der Waals surface area (Å²) < 4.78 is 5.74. The van der Waals surface area contributed by atoms with E-state index in [1.807, 2.05) is 65.8 Å². The minimum absolute atomic E-state index is 0.0122. The summed E-state index contributed by atoms with van der Waals surface area (Å²) in [5.41, 5.74) is 1.69. The second-order valence-electron chi connectivity index (χ2n) is 8.52. The van der Waals surface area contributed by atoms with E-state index in [0.29, 0.717) is 32.4 Å². The van der Waals surface area contributed by atoms with E-state index < -0.39 is 0 Å². The molecule has 0 bridgehead atoms. The van der Waals surface area contributed by atoms with Crippen molar-refractivity contribution in [3.63, 3.8) is 0 Å². The second kappa shape index (κ2) is 9.14. The first-order valence-corrected chi connectivity index (χ1v) is 8.99. The minimum atomic E-state index is -0.324. The molecule has 1 amide bonds. The monoisotopic (exact) mass is 347 g/mol. The molecule has 0 aliphatic heterocycles. The highest BCUT2D eigenvalue weighted by Crippen LogP contribution is 2.18. The number of hydrogen-bond acceptors (Lipinski definition) is 3. The Morgan fingerprint density at radius 3 is 2.00 bits per heavy atom. The molecule has 0 atom stereocenters. The van der Waals surface area contributed by atoms with Crippen LogP contribution in [0.15, 0.2) is 24.3 Å². The van der Waals surface area contributed by atoms with Crippen LogP contribution in [-0.4, -0.2) is 17.3 Å². The van der Waals surface area contributed by atoms with E-state index in [0.717, 1.165) is 11.1 Å². The van der Waals surface area contributed by atoms with Crippen molar-refractivity contribution in [3.8, 4) is 0 Å². The van der Waals surface area contributed by atoms with Crippen LogP contribution in [0.3, 0.4) is 0 Å². The zero-order valence-corrected chi connectivity index (χ0v) is 16.6. The first-order valence-electron chi connectivity index (χ1n) is 8.99. The summed E-state index contributed by atoms with van der Waals surface area (Å²) in [6.07, 6.45) is 1.45. The van der Waals surface area contributed by atoms with Crippen LogP contribution < -0.4 is 5.32 Å². The summed E-state index contributed by atoms with van der Waals surface area (Å²) in [5, 5.41) is 2.91. The van der Waals surface area contributed by atoms with Crippen molar-refractivity contribution in [2.24, 2.45) is 5.41 Å². The van der Waals surface area contributed by atoms with E-state index in [-0.39, 0.29) is 22.7 Å². The van der Waals surface area contributed by atoms with Crippen molar-refractivity contribution >= 4 is 11.7 Å². The van der Waals surface area contributed by atoms with Gasteiger partial charge in [-0.1, -0.05) is 45.0 Å². The first kappa shape index (κ1) is 21.4. The Morgan fingerprint density at radius 1 is 0.920 bits per heavy atom. The van der Waals surface area contributed by atoms with Crippen LogP contribution in [0.2, 0.25) is 0 Å². The van der Waals surface area contributed by atoms with Gasteiger partial charge in [-0.3, -0.25) is 9.59 Å². The first-order chi connectivity index (χ1) is 11.5. The van der Waals surface area contributed by atoms with Gasteiger partial charge in [0.1, 0.15) is 5.78 Å². The summed E-state index contributed by atoms with van der Waals surface area (Å²) in [5.74, 6) is 0.190. The molecule has 4 heteroatoms. The lowest BCUT2D eigenvalue weighted by molar-refractivity contribution is -0.126. The van der Waals surface area contributed by atoms with Gasteiger partial charge in [0.2, 0.25) is 5.91 Å². The highest BCUT2D eigenvalue weighted by Gasteiger charge is 2.20. The molecule has 140 valence electrons. The number of ether oxygens (including phenoxy) is 1. The van der Waals surface area contributed by atoms with Gasteiger partial charge in [0.05, 0.1) is 12.2 Å². The number of amides is 1. The summed E-state index contributed by atoms with van der Waals surface area (Å²) >= 11 is 0. The Hall–Kier alpha value is -1.68. The average Bonchev–Trinajstić information content (AvgIpc) is 2.50. The summed E-state index contributed by atoms with van der Waals surface area (Å²) in [6.45, 7) is 12.9. The normalized spacial score (nSPS) is 12.1. The van der Waals surface area contributed by atoms with E-state index in [1.165, 1.54) is 0 Å². The van der Waals surface area contributed by atoms with Gasteiger partial charge in [-0.05, 0) is 38.3 Å². The molecule has 1 aromatic carbocycles. The van der Waals surface area contributed by atoms with E-state index in [2.05, 4.69) is 5.32 Å². The highest BCUT2D eigenvalue weighted by molar-refractivity contribution is 5.84. The van der Waals surface area contributed by atoms with Gasteiger partial charge < -0.3 is 10.1 Å². The predicted molar refractivity (Wildman–Crippen MR) is 101 cm³/mol. The molecule has 1 rings (SSSR count). The Kier molecular flexibility index (Phi) is 7.81. The summed E-state index contributed by atoms with van der Waals surface area (Å²) in [4.78, 5) is 23.7. The lowest BCUT2D eigenvalue weighted by Gasteiger charge is -2.19. The van der Waals surface area contributed by atoms with Crippen molar-refractivity contribution in [2.45, 2.75) is 79.6 Å². The molecule has 0 aromatic heterocycles. The number of Topliss-reactive ketones (excluding diaryl/α,β-unsaturated/α-hetero) is 1. The molecule has 0 aliphatic carbocycles. The van der Waals surface area contributed by atoms with Crippen molar-refractivity contribution in [1.82, 2.24) is 5.32 Å². The molecular formula is C21H33NO3. The Morgan fingerprint density at radius 2 is 1.48 bits per heavy atom.